The number of hydrogen-bond donors (Lipinski definition) is 2. The second kappa shape index (κ2) is 7.70. The number of amides is 1. The zero-order chi connectivity index (χ0) is 18.6. The molecule has 0 bridgehead atoms. The van der Waals surface area contributed by atoms with Gasteiger partial charge in [-0.05, 0) is 55.7 Å². The topological polar surface area (TPSA) is 75.3 Å². The van der Waals surface area contributed by atoms with E-state index >= 15 is 0 Å². The van der Waals surface area contributed by atoms with Crippen LogP contribution < -0.4 is 10.0 Å². The van der Waals surface area contributed by atoms with E-state index in [1.54, 1.807) is 12.1 Å². The third-order valence-electron chi connectivity index (χ3n) is 3.67. The van der Waals surface area contributed by atoms with Gasteiger partial charge in [0, 0.05) is 11.6 Å². The van der Waals surface area contributed by atoms with Gasteiger partial charge in [0.05, 0.1) is 10.6 Å². The summed E-state index contributed by atoms with van der Waals surface area (Å²) < 4.78 is 27.9. The third kappa shape index (κ3) is 4.82. The molecule has 2 N–H and O–H groups in total. The molecule has 0 atom stereocenters. The second-order valence-electron chi connectivity index (χ2n) is 6.50. The number of sulfonamides is 1. The molecule has 0 aliphatic heterocycles. The van der Waals surface area contributed by atoms with Crippen LogP contribution in [0.5, 0.6) is 0 Å². The highest BCUT2D eigenvalue weighted by atomic mass is 32.2. The lowest BCUT2D eigenvalue weighted by Gasteiger charge is -2.15. The van der Waals surface area contributed by atoms with Crippen LogP contribution in [0.2, 0.25) is 0 Å². The van der Waals surface area contributed by atoms with E-state index in [9.17, 15) is 13.2 Å². The third-order valence-corrected chi connectivity index (χ3v) is 5.06. The Morgan fingerprint density at radius 1 is 0.920 bits per heavy atom. The van der Waals surface area contributed by atoms with Crippen LogP contribution in [-0.4, -0.2) is 20.4 Å². The van der Waals surface area contributed by atoms with E-state index in [4.69, 9.17) is 0 Å². The zero-order valence-corrected chi connectivity index (χ0v) is 15.7. The van der Waals surface area contributed by atoms with Gasteiger partial charge in [0.2, 0.25) is 0 Å². The molecule has 2 aromatic rings. The molecule has 0 radical (unpaired) electrons. The van der Waals surface area contributed by atoms with Crippen LogP contribution >= 0.6 is 0 Å². The van der Waals surface area contributed by atoms with Crippen molar-refractivity contribution in [1.82, 2.24) is 5.32 Å². The van der Waals surface area contributed by atoms with Gasteiger partial charge in [0.1, 0.15) is 0 Å². The van der Waals surface area contributed by atoms with E-state index in [2.05, 4.69) is 10.0 Å². The lowest BCUT2D eigenvalue weighted by atomic mass is 10.0. The average molecular weight is 360 g/mol. The van der Waals surface area contributed by atoms with Crippen LogP contribution in [0.1, 0.15) is 49.5 Å². The lowest BCUT2D eigenvalue weighted by molar-refractivity contribution is 0.0943. The molecule has 1 amide bonds. The molecule has 0 heterocycles. The summed E-state index contributed by atoms with van der Waals surface area (Å²) in [6, 6.07) is 13.3. The van der Waals surface area contributed by atoms with Gasteiger partial charge in [0.25, 0.3) is 15.9 Å². The molecule has 25 heavy (non-hydrogen) atoms. The van der Waals surface area contributed by atoms with Crippen LogP contribution in [0.15, 0.2) is 53.4 Å². The van der Waals surface area contributed by atoms with Crippen molar-refractivity contribution >= 4 is 21.6 Å². The lowest BCUT2D eigenvalue weighted by Crippen LogP contribution is -2.30. The molecule has 6 heteroatoms. The van der Waals surface area contributed by atoms with Gasteiger partial charge in [-0.3, -0.25) is 9.52 Å². The SMILES string of the molecule is CC(C)NC(=O)c1ccc(S(=O)(=O)Nc2ccccc2C(C)C)cc1. The zero-order valence-electron chi connectivity index (χ0n) is 14.9. The minimum absolute atomic E-state index is 0.0186. The van der Waals surface area contributed by atoms with Gasteiger partial charge in [0.15, 0.2) is 0 Å². The predicted octanol–water partition coefficient (Wildman–Crippen LogP) is 3.75. The second-order valence-corrected chi connectivity index (χ2v) is 8.18. The first-order valence-electron chi connectivity index (χ1n) is 8.23. The van der Waals surface area contributed by atoms with Gasteiger partial charge in [-0.15, -0.1) is 0 Å². The minimum Gasteiger partial charge on any atom is -0.350 e. The Bertz CT molecular complexity index is 841. The van der Waals surface area contributed by atoms with E-state index in [0.29, 0.717) is 11.3 Å². The van der Waals surface area contributed by atoms with E-state index in [1.807, 2.05) is 39.8 Å². The summed E-state index contributed by atoms with van der Waals surface area (Å²) >= 11 is 0. The van der Waals surface area contributed by atoms with Crippen molar-refractivity contribution in [3.63, 3.8) is 0 Å². The van der Waals surface area contributed by atoms with Gasteiger partial charge in [-0.2, -0.15) is 0 Å². The van der Waals surface area contributed by atoms with Gasteiger partial charge in [-0.1, -0.05) is 32.0 Å². The van der Waals surface area contributed by atoms with Crippen molar-refractivity contribution in [3.05, 3.63) is 59.7 Å². The smallest absolute Gasteiger partial charge is 0.261 e. The molecule has 0 saturated carbocycles. The molecule has 2 rings (SSSR count). The minimum atomic E-state index is -3.72. The number of carbonyl (C=O) groups excluding carboxylic acids is 1. The molecule has 0 aliphatic rings. The van der Waals surface area contributed by atoms with E-state index in [-0.39, 0.29) is 22.8 Å². The maximum Gasteiger partial charge on any atom is 0.261 e. The predicted molar refractivity (Wildman–Crippen MR) is 100 cm³/mol. The van der Waals surface area contributed by atoms with Gasteiger partial charge in [-0.25, -0.2) is 8.42 Å². The van der Waals surface area contributed by atoms with Crippen LogP contribution in [0.4, 0.5) is 5.69 Å². The van der Waals surface area contributed by atoms with Gasteiger partial charge < -0.3 is 5.32 Å². The highest BCUT2D eigenvalue weighted by Crippen LogP contribution is 2.26. The number of hydrogen-bond acceptors (Lipinski definition) is 3. The summed E-state index contributed by atoms with van der Waals surface area (Å²) in [5.74, 6) is -0.0296. The van der Waals surface area contributed by atoms with Crippen molar-refractivity contribution in [1.29, 1.82) is 0 Å². The highest BCUT2D eigenvalue weighted by Gasteiger charge is 2.17. The number of rotatable bonds is 6. The van der Waals surface area contributed by atoms with E-state index in [0.717, 1.165) is 5.56 Å². The normalized spacial score (nSPS) is 11.6. The fourth-order valence-electron chi connectivity index (χ4n) is 2.43. The van der Waals surface area contributed by atoms with Crippen LogP contribution in [0, 0.1) is 0 Å². The highest BCUT2D eigenvalue weighted by molar-refractivity contribution is 7.92. The Kier molecular flexibility index (Phi) is 5.85. The van der Waals surface area contributed by atoms with Crippen molar-refractivity contribution in [2.45, 2.75) is 44.6 Å². The van der Waals surface area contributed by atoms with E-state index < -0.39 is 10.0 Å². The molecule has 0 aliphatic carbocycles. The van der Waals surface area contributed by atoms with Crippen LogP contribution in [0.3, 0.4) is 0 Å². The molecule has 5 nitrogen and oxygen atoms in total. The fraction of sp³-hybridized carbons (Fsp3) is 0.316. The average Bonchev–Trinajstić information content (AvgIpc) is 2.54. The fourth-order valence-corrected chi connectivity index (χ4v) is 3.52. The standard InChI is InChI=1S/C19H24N2O3S/c1-13(2)17-7-5-6-8-18(17)21-25(23,24)16-11-9-15(10-12-16)19(22)20-14(3)4/h5-14,21H,1-4H3,(H,20,22). The Labute approximate surface area is 149 Å². The molecule has 0 aromatic heterocycles. The summed E-state index contributed by atoms with van der Waals surface area (Å²) in [4.78, 5) is 12.1. The van der Waals surface area contributed by atoms with Crippen molar-refractivity contribution in [2.75, 3.05) is 4.72 Å². The molecule has 134 valence electrons. The number of carbonyl (C=O) groups is 1. The van der Waals surface area contributed by atoms with Crippen molar-refractivity contribution < 1.29 is 13.2 Å². The number of para-hydroxylation sites is 1. The summed E-state index contributed by atoms with van der Waals surface area (Å²) in [6.07, 6.45) is 0. The molecular weight excluding hydrogens is 336 g/mol. The monoisotopic (exact) mass is 360 g/mol. The van der Waals surface area contributed by atoms with E-state index in [1.165, 1.54) is 24.3 Å². The Morgan fingerprint density at radius 3 is 2.08 bits per heavy atom. The number of nitrogens with one attached hydrogen (secondary N) is 2. The summed E-state index contributed by atoms with van der Waals surface area (Å²) in [7, 11) is -3.72. The van der Waals surface area contributed by atoms with Crippen molar-refractivity contribution in [3.8, 4) is 0 Å². The molecule has 2 aromatic carbocycles. The molecule has 0 fully saturated rings. The maximum absolute atomic E-state index is 12.6. The first-order valence-corrected chi connectivity index (χ1v) is 9.71. The van der Waals surface area contributed by atoms with Gasteiger partial charge >= 0.3 is 0 Å². The first-order chi connectivity index (χ1) is 11.7. The summed E-state index contributed by atoms with van der Waals surface area (Å²) in [5.41, 5.74) is 1.92. The van der Waals surface area contributed by atoms with Crippen LogP contribution in [-0.2, 0) is 10.0 Å². The number of anilines is 1. The molecule has 0 unspecified atom stereocenters. The Balaban J connectivity index is 2.25. The number of benzene rings is 2. The molecule has 0 spiro atoms. The summed E-state index contributed by atoms with van der Waals surface area (Å²) in [5, 5.41) is 2.77. The largest absolute Gasteiger partial charge is 0.350 e. The Hall–Kier alpha value is -2.34. The molecule has 0 saturated heterocycles. The maximum atomic E-state index is 12.6. The van der Waals surface area contributed by atoms with Crippen molar-refractivity contribution in [2.24, 2.45) is 0 Å². The summed E-state index contributed by atoms with van der Waals surface area (Å²) in [6.45, 7) is 7.75. The quantitative estimate of drug-likeness (QED) is 0.824. The first kappa shape index (κ1) is 19.0. The Morgan fingerprint density at radius 2 is 1.52 bits per heavy atom. The molecular formula is C19H24N2O3S. The van der Waals surface area contributed by atoms with Crippen LogP contribution in [0.25, 0.3) is 0 Å².